The highest BCUT2D eigenvalue weighted by Gasteiger charge is 2.38. The molecule has 2 atom stereocenters. The van der Waals surface area contributed by atoms with Crippen molar-refractivity contribution in [3.63, 3.8) is 0 Å². The van der Waals surface area contributed by atoms with E-state index in [2.05, 4.69) is 0 Å². The van der Waals surface area contributed by atoms with E-state index in [4.69, 9.17) is 0 Å². The highest BCUT2D eigenvalue weighted by molar-refractivity contribution is 5.25. The molecule has 16 heavy (non-hydrogen) atoms. The molecule has 1 aromatic rings. The van der Waals surface area contributed by atoms with Crippen LogP contribution in [0.5, 0.6) is 0 Å². The molecule has 3 heteroatoms. The largest absolute Gasteiger partial charge is 0.385 e. The first kappa shape index (κ1) is 11.5. The van der Waals surface area contributed by atoms with Crippen molar-refractivity contribution in [2.24, 2.45) is 5.92 Å². The van der Waals surface area contributed by atoms with Crippen molar-refractivity contribution in [3.8, 4) is 0 Å². The summed E-state index contributed by atoms with van der Waals surface area (Å²) in [6.45, 7) is 1.93. The van der Waals surface area contributed by atoms with E-state index in [0.717, 1.165) is 25.3 Å². The van der Waals surface area contributed by atoms with Crippen molar-refractivity contribution >= 4 is 0 Å². The summed E-state index contributed by atoms with van der Waals surface area (Å²) >= 11 is 0. The Balaban J connectivity index is 2.40. The Morgan fingerprint density at radius 3 is 2.38 bits per heavy atom. The van der Waals surface area contributed by atoms with E-state index in [1.54, 1.807) is 0 Å². The Morgan fingerprint density at radius 2 is 1.81 bits per heavy atom. The average Bonchev–Trinajstić information content (AvgIpc) is 2.21. The molecule has 0 radical (unpaired) electrons. The van der Waals surface area contributed by atoms with Crippen LogP contribution in [0, 0.1) is 17.6 Å². The Hall–Kier alpha value is -0.960. The minimum atomic E-state index is -1.07. The van der Waals surface area contributed by atoms with Gasteiger partial charge in [-0.1, -0.05) is 19.8 Å². The zero-order valence-corrected chi connectivity index (χ0v) is 9.34. The summed E-state index contributed by atoms with van der Waals surface area (Å²) in [4.78, 5) is 0. The summed E-state index contributed by atoms with van der Waals surface area (Å²) < 4.78 is 26.3. The van der Waals surface area contributed by atoms with Crippen LogP contribution in [0.15, 0.2) is 18.2 Å². The second-order valence-corrected chi connectivity index (χ2v) is 4.73. The molecule has 1 N–H and O–H groups in total. The minimum absolute atomic E-state index is 0.0439. The molecule has 2 rings (SSSR count). The van der Waals surface area contributed by atoms with Gasteiger partial charge in [0, 0.05) is 6.07 Å². The average molecular weight is 226 g/mol. The fraction of sp³-hybridized carbons (Fsp3) is 0.538. The molecule has 0 saturated heterocycles. The fourth-order valence-corrected chi connectivity index (χ4v) is 2.56. The summed E-state index contributed by atoms with van der Waals surface area (Å²) in [5.74, 6) is -1.20. The molecule has 0 amide bonds. The van der Waals surface area contributed by atoms with E-state index in [1.165, 1.54) is 12.1 Å². The Bertz CT molecular complexity index is 371. The zero-order valence-electron chi connectivity index (χ0n) is 9.34. The molecule has 0 spiro atoms. The highest BCUT2D eigenvalue weighted by atomic mass is 19.1. The molecule has 1 aliphatic rings. The second-order valence-electron chi connectivity index (χ2n) is 4.73. The van der Waals surface area contributed by atoms with Crippen molar-refractivity contribution < 1.29 is 13.9 Å². The molecule has 1 fully saturated rings. The Labute approximate surface area is 94.1 Å². The van der Waals surface area contributed by atoms with Crippen LogP contribution in [-0.4, -0.2) is 5.11 Å². The maximum Gasteiger partial charge on any atom is 0.126 e. The van der Waals surface area contributed by atoms with Gasteiger partial charge in [0.15, 0.2) is 0 Å². The molecule has 0 bridgehead atoms. The van der Waals surface area contributed by atoms with Crippen LogP contribution < -0.4 is 0 Å². The van der Waals surface area contributed by atoms with Gasteiger partial charge in [0.1, 0.15) is 11.6 Å². The van der Waals surface area contributed by atoms with E-state index in [0.29, 0.717) is 12.0 Å². The molecular weight excluding hydrogens is 210 g/mol. The number of rotatable bonds is 1. The van der Waals surface area contributed by atoms with Gasteiger partial charge in [-0.25, -0.2) is 8.78 Å². The fourth-order valence-electron chi connectivity index (χ4n) is 2.56. The topological polar surface area (TPSA) is 20.2 Å². The van der Waals surface area contributed by atoms with Gasteiger partial charge >= 0.3 is 0 Å². The molecule has 1 aliphatic carbocycles. The van der Waals surface area contributed by atoms with Crippen molar-refractivity contribution in [1.29, 1.82) is 0 Å². The van der Waals surface area contributed by atoms with Gasteiger partial charge in [0.2, 0.25) is 0 Å². The third kappa shape index (κ3) is 1.96. The van der Waals surface area contributed by atoms with Gasteiger partial charge in [0.05, 0.1) is 5.60 Å². The molecule has 0 aliphatic heterocycles. The van der Waals surface area contributed by atoms with Crippen molar-refractivity contribution in [1.82, 2.24) is 0 Å². The number of benzene rings is 1. The lowest BCUT2D eigenvalue weighted by Crippen LogP contribution is -2.36. The Morgan fingerprint density at radius 1 is 1.19 bits per heavy atom. The number of halogens is 2. The predicted octanol–water partition coefficient (Wildman–Crippen LogP) is 3.36. The third-order valence-corrected chi connectivity index (χ3v) is 3.62. The molecule has 1 nitrogen and oxygen atoms in total. The molecule has 1 saturated carbocycles. The first-order valence-corrected chi connectivity index (χ1v) is 5.71. The number of hydrogen-bond acceptors (Lipinski definition) is 1. The van der Waals surface area contributed by atoms with Crippen LogP contribution in [0.4, 0.5) is 8.78 Å². The maximum atomic E-state index is 13.1. The predicted molar refractivity (Wildman–Crippen MR) is 57.9 cm³/mol. The Kier molecular flexibility index (Phi) is 2.98. The lowest BCUT2D eigenvalue weighted by atomic mass is 9.72. The van der Waals surface area contributed by atoms with E-state index < -0.39 is 17.2 Å². The summed E-state index contributed by atoms with van der Waals surface area (Å²) in [5.41, 5.74) is -0.696. The van der Waals surface area contributed by atoms with E-state index in [1.807, 2.05) is 6.92 Å². The molecule has 1 aromatic carbocycles. The minimum Gasteiger partial charge on any atom is -0.385 e. The SMILES string of the molecule is CC1CCCCC1(O)c1cc(F)cc(F)c1. The first-order valence-electron chi connectivity index (χ1n) is 5.71. The molecule has 0 aromatic heterocycles. The van der Waals surface area contributed by atoms with Crippen LogP contribution >= 0.6 is 0 Å². The summed E-state index contributed by atoms with van der Waals surface area (Å²) in [6, 6.07) is 3.32. The van der Waals surface area contributed by atoms with Crippen molar-refractivity contribution in [3.05, 3.63) is 35.4 Å². The van der Waals surface area contributed by atoms with E-state index >= 15 is 0 Å². The standard InChI is InChI=1S/C13H16F2O/c1-9-4-2-3-5-13(9,16)10-6-11(14)8-12(15)7-10/h6-9,16H,2-5H2,1H3. The monoisotopic (exact) mass is 226 g/mol. The third-order valence-electron chi connectivity index (χ3n) is 3.62. The van der Waals surface area contributed by atoms with Crippen LogP contribution in [0.2, 0.25) is 0 Å². The summed E-state index contributed by atoms with van der Waals surface area (Å²) in [6.07, 6.45) is 3.45. The normalized spacial score (nSPS) is 30.4. The second kappa shape index (κ2) is 4.13. The molecule has 88 valence electrons. The summed E-state index contributed by atoms with van der Waals surface area (Å²) in [5, 5.41) is 10.5. The number of aliphatic hydroxyl groups is 1. The van der Waals surface area contributed by atoms with Gasteiger partial charge in [0.25, 0.3) is 0 Å². The van der Waals surface area contributed by atoms with Gasteiger partial charge in [-0.15, -0.1) is 0 Å². The van der Waals surface area contributed by atoms with Crippen LogP contribution in [-0.2, 0) is 5.60 Å². The smallest absolute Gasteiger partial charge is 0.126 e. The van der Waals surface area contributed by atoms with E-state index in [9.17, 15) is 13.9 Å². The van der Waals surface area contributed by atoms with Gasteiger partial charge in [-0.05, 0) is 36.5 Å². The molecular formula is C13H16F2O. The van der Waals surface area contributed by atoms with Crippen molar-refractivity contribution in [2.75, 3.05) is 0 Å². The van der Waals surface area contributed by atoms with Gasteiger partial charge in [-0.2, -0.15) is 0 Å². The summed E-state index contributed by atoms with van der Waals surface area (Å²) in [7, 11) is 0. The first-order chi connectivity index (χ1) is 7.52. The lowest BCUT2D eigenvalue weighted by molar-refractivity contribution is -0.0474. The maximum absolute atomic E-state index is 13.1. The van der Waals surface area contributed by atoms with Crippen LogP contribution in [0.1, 0.15) is 38.2 Å². The van der Waals surface area contributed by atoms with E-state index in [-0.39, 0.29) is 5.92 Å². The van der Waals surface area contributed by atoms with Crippen molar-refractivity contribution in [2.45, 2.75) is 38.2 Å². The van der Waals surface area contributed by atoms with Gasteiger partial charge in [-0.3, -0.25) is 0 Å². The van der Waals surface area contributed by atoms with Gasteiger partial charge < -0.3 is 5.11 Å². The highest BCUT2D eigenvalue weighted by Crippen LogP contribution is 2.41. The molecule has 0 heterocycles. The zero-order chi connectivity index (χ0) is 11.8. The lowest BCUT2D eigenvalue weighted by Gasteiger charge is -2.38. The quantitative estimate of drug-likeness (QED) is 0.778. The van der Waals surface area contributed by atoms with Crippen LogP contribution in [0.25, 0.3) is 0 Å². The van der Waals surface area contributed by atoms with Crippen LogP contribution in [0.3, 0.4) is 0 Å². The number of hydrogen-bond donors (Lipinski definition) is 1. The molecule has 2 unspecified atom stereocenters.